The number of nitro groups is 2. The summed E-state index contributed by atoms with van der Waals surface area (Å²) in [6.07, 6.45) is 0. The Morgan fingerprint density at radius 1 is 1.20 bits per heavy atom. The molecule has 20 heavy (non-hydrogen) atoms. The normalized spacial score (nSPS) is 10.6. The van der Waals surface area contributed by atoms with Gasteiger partial charge in [-0.2, -0.15) is 5.10 Å². The first kappa shape index (κ1) is 14.1. The fourth-order valence-corrected chi connectivity index (χ4v) is 2.31. The predicted octanol–water partition coefficient (Wildman–Crippen LogP) is 3.07. The molecule has 1 aromatic carbocycles. The first-order chi connectivity index (χ1) is 9.32. The lowest BCUT2D eigenvalue weighted by atomic mass is 10.2. The van der Waals surface area contributed by atoms with E-state index in [1.54, 1.807) is 13.0 Å². The molecule has 0 aliphatic heterocycles. The second-order valence-electron chi connectivity index (χ2n) is 4.08. The summed E-state index contributed by atoms with van der Waals surface area (Å²) in [5, 5.41) is 25.9. The Balaban J connectivity index is 2.64. The highest BCUT2D eigenvalue weighted by molar-refractivity contribution is 9.10. The van der Waals surface area contributed by atoms with E-state index in [1.807, 2.05) is 0 Å². The number of aryl methyl sites for hydroxylation is 1. The van der Waals surface area contributed by atoms with Crippen LogP contribution >= 0.6 is 15.9 Å². The Bertz CT molecular complexity index is 725. The molecule has 8 nitrogen and oxygen atoms in total. The Hall–Kier alpha value is -2.29. The molecular weight excluding hydrogens is 332 g/mol. The smallest absolute Gasteiger partial charge is 0.258 e. The van der Waals surface area contributed by atoms with E-state index in [0.29, 0.717) is 15.9 Å². The number of benzene rings is 1. The summed E-state index contributed by atoms with van der Waals surface area (Å²) in [5.74, 6) is 0. The van der Waals surface area contributed by atoms with Crippen molar-refractivity contribution in [3.8, 4) is 5.69 Å². The lowest BCUT2D eigenvalue weighted by Gasteiger charge is -2.04. The van der Waals surface area contributed by atoms with E-state index < -0.39 is 9.85 Å². The number of rotatable bonds is 3. The van der Waals surface area contributed by atoms with Crippen LogP contribution in [0.1, 0.15) is 11.4 Å². The Labute approximate surface area is 121 Å². The molecule has 104 valence electrons. The van der Waals surface area contributed by atoms with E-state index in [9.17, 15) is 20.2 Å². The van der Waals surface area contributed by atoms with Crippen molar-refractivity contribution >= 4 is 27.3 Å². The number of aromatic nitrogens is 2. The van der Waals surface area contributed by atoms with Crippen molar-refractivity contribution in [2.24, 2.45) is 0 Å². The lowest BCUT2D eigenvalue weighted by molar-refractivity contribution is -0.386. The van der Waals surface area contributed by atoms with Gasteiger partial charge >= 0.3 is 5.69 Å². The topological polar surface area (TPSA) is 104 Å². The molecule has 0 aliphatic rings. The van der Waals surface area contributed by atoms with E-state index in [0.717, 1.165) is 0 Å². The van der Waals surface area contributed by atoms with Crippen LogP contribution in [0.25, 0.3) is 5.69 Å². The average molecular weight is 341 g/mol. The highest BCUT2D eigenvalue weighted by Crippen LogP contribution is 2.30. The number of halogens is 1. The van der Waals surface area contributed by atoms with Crippen LogP contribution in [-0.4, -0.2) is 19.6 Å². The predicted molar refractivity (Wildman–Crippen MR) is 74.0 cm³/mol. The number of nitro benzene ring substituents is 1. The molecule has 1 aromatic heterocycles. The third-order valence-electron chi connectivity index (χ3n) is 2.81. The largest absolute Gasteiger partial charge is 0.313 e. The van der Waals surface area contributed by atoms with Crippen LogP contribution in [0.5, 0.6) is 0 Å². The van der Waals surface area contributed by atoms with Crippen LogP contribution in [0.4, 0.5) is 11.4 Å². The van der Waals surface area contributed by atoms with Crippen molar-refractivity contribution in [1.29, 1.82) is 0 Å². The number of hydrogen-bond donors (Lipinski definition) is 0. The summed E-state index contributed by atoms with van der Waals surface area (Å²) in [4.78, 5) is 20.8. The summed E-state index contributed by atoms with van der Waals surface area (Å²) in [6, 6.07) is 4.42. The van der Waals surface area contributed by atoms with Crippen molar-refractivity contribution < 1.29 is 9.85 Å². The summed E-state index contributed by atoms with van der Waals surface area (Å²) in [7, 11) is 0. The van der Waals surface area contributed by atoms with Crippen molar-refractivity contribution in [3.05, 3.63) is 54.3 Å². The molecule has 0 saturated heterocycles. The second kappa shape index (κ2) is 5.00. The van der Waals surface area contributed by atoms with E-state index in [-0.39, 0.29) is 17.1 Å². The molecule has 0 unspecified atom stereocenters. The molecule has 0 fully saturated rings. The van der Waals surface area contributed by atoms with Gasteiger partial charge in [0.05, 0.1) is 20.0 Å². The zero-order chi connectivity index (χ0) is 15.0. The summed E-state index contributed by atoms with van der Waals surface area (Å²) in [6.45, 7) is 3.07. The molecule has 9 heteroatoms. The van der Waals surface area contributed by atoms with Gasteiger partial charge < -0.3 is 0 Å². The van der Waals surface area contributed by atoms with E-state index in [2.05, 4.69) is 21.0 Å². The molecule has 0 N–H and O–H groups in total. The van der Waals surface area contributed by atoms with Gasteiger partial charge in [-0.05, 0) is 41.9 Å². The molecule has 0 saturated carbocycles. The molecule has 0 radical (unpaired) electrons. The summed E-state index contributed by atoms with van der Waals surface area (Å²) in [5.41, 5.74) is 0.768. The fraction of sp³-hybridized carbons (Fsp3) is 0.182. The Morgan fingerprint density at radius 3 is 2.35 bits per heavy atom. The maximum Gasteiger partial charge on any atom is 0.313 e. The van der Waals surface area contributed by atoms with Gasteiger partial charge in [-0.3, -0.25) is 20.2 Å². The van der Waals surface area contributed by atoms with Gasteiger partial charge in [0.15, 0.2) is 0 Å². The maximum atomic E-state index is 11.0. The zero-order valence-corrected chi connectivity index (χ0v) is 12.1. The molecular formula is C11H9BrN4O4. The monoisotopic (exact) mass is 340 g/mol. The van der Waals surface area contributed by atoms with Crippen molar-refractivity contribution in [1.82, 2.24) is 9.78 Å². The quantitative estimate of drug-likeness (QED) is 0.630. The minimum Gasteiger partial charge on any atom is -0.258 e. The van der Waals surface area contributed by atoms with Crippen molar-refractivity contribution in [2.45, 2.75) is 13.8 Å². The van der Waals surface area contributed by atoms with Crippen LogP contribution < -0.4 is 0 Å². The third-order valence-corrected chi connectivity index (χ3v) is 3.48. The van der Waals surface area contributed by atoms with Gasteiger partial charge in [-0.1, -0.05) is 0 Å². The van der Waals surface area contributed by atoms with Gasteiger partial charge in [-0.25, -0.2) is 4.68 Å². The van der Waals surface area contributed by atoms with Crippen LogP contribution in [0.2, 0.25) is 0 Å². The minimum atomic E-state index is -0.534. The van der Waals surface area contributed by atoms with Gasteiger partial charge in [0.1, 0.15) is 11.4 Å². The molecule has 0 bridgehead atoms. The highest BCUT2D eigenvalue weighted by Gasteiger charge is 2.23. The van der Waals surface area contributed by atoms with Gasteiger partial charge in [0.2, 0.25) is 0 Å². The van der Waals surface area contributed by atoms with Crippen molar-refractivity contribution in [3.63, 3.8) is 0 Å². The fourth-order valence-electron chi connectivity index (χ4n) is 1.92. The van der Waals surface area contributed by atoms with Crippen molar-refractivity contribution in [2.75, 3.05) is 0 Å². The van der Waals surface area contributed by atoms with E-state index in [1.165, 1.54) is 23.7 Å². The Morgan fingerprint density at radius 2 is 1.85 bits per heavy atom. The molecule has 0 spiro atoms. The van der Waals surface area contributed by atoms with Crippen LogP contribution in [0.3, 0.4) is 0 Å². The van der Waals surface area contributed by atoms with Crippen LogP contribution in [0.15, 0.2) is 22.7 Å². The van der Waals surface area contributed by atoms with Gasteiger partial charge in [-0.15, -0.1) is 0 Å². The molecule has 0 atom stereocenters. The number of nitrogens with zero attached hydrogens (tertiary/aromatic N) is 4. The maximum absolute atomic E-state index is 11.0. The first-order valence-corrected chi connectivity index (χ1v) is 6.27. The molecule has 1 heterocycles. The first-order valence-electron chi connectivity index (χ1n) is 5.48. The average Bonchev–Trinajstić information content (AvgIpc) is 2.65. The summed E-state index contributed by atoms with van der Waals surface area (Å²) >= 11 is 3.09. The Kier molecular flexibility index (Phi) is 3.53. The molecule has 0 amide bonds. The lowest BCUT2D eigenvalue weighted by Crippen LogP contribution is -2.01. The standard InChI is InChI=1S/C11H9BrN4O4/c1-6-11(16(19)20)7(2)14(13-6)8-3-4-9(12)10(5-8)15(17)18/h3-5H,1-2H3. The van der Waals surface area contributed by atoms with Crippen LogP contribution in [-0.2, 0) is 0 Å². The zero-order valence-electron chi connectivity index (χ0n) is 10.5. The van der Waals surface area contributed by atoms with E-state index >= 15 is 0 Å². The second-order valence-corrected chi connectivity index (χ2v) is 4.94. The number of hydrogen-bond acceptors (Lipinski definition) is 5. The molecule has 2 rings (SSSR count). The van der Waals surface area contributed by atoms with E-state index in [4.69, 9.17) is 0 Å². The van der Waals surface area contributed by atoms with Crippen LogP contribution in [0, 0.1) is 34.1 Å². The SMILES string of the molecule is Cc1nn(-c2ccc(Br)c([N+](=O)[O-])c2)c(C)c1[N+](=O)[O-]. The van der Waals surface area contributed by atoms with Gasteiger partial charge in [0, 0.05) is 6.07 Å². The minimum absolute atomic E-state index is 0.0874. The highest BCUT2D eigenvalue weighted by atomic mass is 79.9. The summed E-state index contributed by atoms with van der Waals surface area (Å²) < 4.78 is 1.66. The molecule has 2 aromatic rings. The van der Waals surface area contributed by atoms with Gasteiger partial charge in [0.25, 0.3) is 5.69 Å². The molecule has 0 aliphatic carbocycles. The third kappa shape index (κ3) is 2.27.